The van der Waals surface area contributed by atoms with Gasteiger partial charge in [-0.25, -0.2) is 0 Å². The van der Waals surface area contributed by atoms with Crippen molar-refractivity contribution in [1.29, 1.82) is 0 Å². The summed E-state index contributed by atoms with van der Waals surface area (Å²) >= 11 is 0. The van der Waals surface area contributed by atoms with Crippen molar-refractivity contribution < 1.29 is 9.31 Å². The first-order chi connectivity index (χ1) is 7.12. The Morgan fingerprint density at radius 1 is 1.27 bits per heavy atom. The normalized spacial score (nSPS) is 26.3. The molecule has 80 valence electrons. The lowest BCUT2D eigenvalue weighted by atomic mass is 9.79. The molecule has 1 fully saturated rings. The van der Waals surface area contributed by atoms with Crippen molar-refractivity contribution in [2.75, 3.05) is 6.61 Å². The summed E-state index contributed by atoms with van der Waals surface area (Å²) in [7, 11) is -0.196. The smallest absolute Gasteiger partial charge is 0.404 e. The summed E-state index contributed by atoms with van der Waals surface area (Å²) < 4.78 is 11.7. The van der Waals surface area contributed by atoms with Crippen LogP contribution in [0.5, 0.6) is 0 Å². The molecule has 1 aromatic carbocycles. The van der Waals surface area contributed by atoms with Gasteiger partial charge >= 0.3 is 7.12 Å². The van der Waals surface area contributed by atoms with Gasteiger partial charge in [0.15, 0.2) is 0 Å². The fourth-order valence-electron chi connectivity index (χ4n) is 1.63. The van der Waals surface area contributed by atoms with Gasteiger partial charge in [-0.1, -0.05) is 44.2 Å². The van der Waals surface area contributed by atoms with Crippen LogP contribution < -0.4 is 5.46 Å². The predicted octanol–water partition coefficient (Wildman–Crippen LogP) is 1.84. The number of hydrogen-bond donors (Lipinski definition) is 0. The van der Waals surface area contributed by atoms with E-state index in [9.17, 15) is 0 Å². The monoisotopic (exact) mass is 204 g/mol. The van der Waals surface area contributed by atoms with E-state index in [0.717, 1.165) is 5.46 Å². The minimum atomic E-state index is -0.196. The van der Waals surface area contributed by atoms with Crippen molar-refractivity contribution in [1.82, 2.24) is 0 Å². The average molecular weight is 204 g/mol. The van der Waals surface area contributed by atoms with Crippen LogP contribution in [-0.2, 0) is 9.31 Å². The number of rotatable bonds is 2. The van der Waals surface area contributed by atoms with Crippen LogP contribution in [0.15, 0.2) is 30.3 Å². The van der Waals surface area contributed by atoms with Crippen molar-refractivity contribution in [3.8, 4) is 0 Å². The lowest BCUT2D eigenvalue weighted by Crippen LogP contribution is -2.38. The minimum absolute atomic E-state index is 0.152. The molecule has 0 amide bonds. The SMILES string of the molecule is CC(C)C1(C)COB(c2ccccc2)O1. The van der Waals surface area contributed by atoms with Gasteiger partial charge in [0.1, 0.15) is 0 Å². The zero-order valence-corrected chi connectivity index (χ0v) is 9.57. The summed E-state index contributed by atoms with van der Waals surface area (Å²) in [5, 5.41) is 0. The Bertz CT molecular complexity index is 326. The standard InChI is InChI=1S/C12H17BO2/c1-10(2)12(3)9-14-13(15-12)11-7-5-4-6-8-11/h4-8,10H,9H2,1-3H3. The molecule has 0 bridgehead atoms. The van der Waals surface area contributed by atoms with E-state index in [1.165, 1.54) is 0 Å². The first kappa shape index (κ1) is 10.7. The quantitative estimate of drug-likeness (QED) is 0.684. The Hall–Kier alpha value is -0.795. The largest absolute Gasteiger partial charge is 0.494 e. The predicted molar refractivity (Wildman–Crippen MR) is 62.1 cm³/mol. The third-order valence-electron chi connectivity index (χ3n) is 3.19. The van der Waals surface area contributed by atoms with Crippen LogP contribution in [0.3, 0.4) is 0 Å². The van der Waals surface area contributed by atoms with Gasteiger partial charge < -0.3 is 9.31 Å². The molecule has 3 heteroatoms. The Balaban J connectivity index is 2.11. The fourth-order valence-corrected chi connectivity index (χ4v) is 1.63. The van der Waals surface area contributed by atoms with E-state index < -0.39 is 0 Å². The molecule has 0 aliphatic carbocycles. The zero-order chi connectivity index (χ0) is 10.9. The Labute approximate surface area is 91.7 Å². The van der Waals surface area contributed by atoms with Gasteiger partial charge in [-0.2, -0.15) is 0 Å². The van der Waals surface area contributed by atoms with E-state index in [2.05, 4.69) is 20.8 Å². The maximum atomic E-state index is 5.97. The minimum Gasteiger partial charge on any atom is -0.404 e. The Morgan fingerprint density at radius 2 is 1.93 bits per heavy atom. The van der Waals surface area contributed by atoms with Crippen molar-refractivity contribution in [2.24, 2.45) is 5.92 Å². The lowest BCUT2D eigenvalue weighted by molar-refractivity contribution is 0.0621. The Kier molecular flexibility index (Phi) is 2.85. The summed E-state index contributed by atoms with van der Waals surface area (Å²) in [4.78, 5) is 0. The summed E-state index contributed by atoms with van der Waals surface area (Å²) in [5.74, 6) is 0.464. The summed E-state index contributed by atoms with van der Waals surface area (Å²) in [6, 6.07) is 10.1. The molecule has 0 N–H and O–H groups in total. The van der Waals surface area contributed by atoms with Crippen LogP contribution in [0.4, 0.5) is 0 Å². The highest BCUT2D eigenvalue weighted by molar-refractivity contribution is 6.61. The van der Waals surface area contributed by atoms with Gasteiger partial charge in [0.2, 0.25) is 0 Å². The van der Waals surface area contributed by atoms with Gasteiger partial charge in [0.25, 0.3) is 0 Å². The van der Waals surface area contributed by atoms with Crippen LogP contribution >= 0.6 is 0 Å². The van der Waals surface area contributed by atoms with Crippen LogP contribution in [0, 0.1) is 5.92 Å². The second kappa shape index (κ2) is 3.99. The molecular weight excluding hydrogens is 187 g/mol. The highest BCUT2D eigenvalue weighted by Crippen LogP contribution is 2.28. The maximum Gasteiger partial charge on any atom is 0.494 e. The first-order valence-electron chi connectivity index (χ1n) is 5.46. The number of hydrogen-bond acceptors (Lipinski definition) is 2. The van der Waals surface area contributed by atoms with Crippen LogP contribution in [-0.4, -0.2) is 19.3 Å². The fraction of sp³-hybridized carbons (Fsp3) is 0.500. The molecule has 0 aromatic heterocycles. The van der Waals surface area contributed by atoms with Gasteiger partial charge in [-0.3, -0.25) is 0 Å². The van der Waals surface area contributed by atoms with Gasteiger partial charge in [0.05, 0.1) is 12.2 Å². The van der Waals surface area contributed by atoms with Crippen LogP contribution in [0.2, 0.25) is 0 Å². The molecule has 15 heavy (non-hydrogen) atoms. The molecular formula is C12H17BO2. The third-order valence-corrected chi connectivity index (χ3v) is 3.19. The molecule has 0 radical (unpaired) electrons. The van der Waals surface area contributed by atoms with E-state index in [0.29, 0.717) is 12.5 Å². The van der Waals surface area contributed by atoms with Gasteiger partial charge in [0, 0.05) is 0 Å². The molecule has 1 heterocycles. The van der Waals surface area contributed by atoms with Crippen molar-refractivity contribution in [3.05, 3.63) is 30.3 Å². The molecule has 0 saturated carbocycles. The number of benzene rings is 1. The van der Waals surface area contributed by atoms with Crippen LogP contribution in [0.25, 0.3) is 0 Å². The summed E-state index contributed by atoms with van der Waals surface area (Å²) in [6.07, 6.45) is 0. The molecule has 1 aromatic rings. The second-order valence-electron chi connectivity index (χ2n) is 4.64. The topological polar surface area (TPSA) is 18.5 Å². The second-order valence-corrected chi connectivity index (χ2v) is 4.64. The Morgan fingerprint density at radius 3 is 2.47 bits per heavy atom. The molecule has 2 nitrogen and oxygen atoms in total. The molecule has 2 rings (SSSR count). The van der Waals surface area contributed by atoms with E-state index in [-0.39, 0.29) is 12.7 Å². The zero-order valence-electron chi connectivity index (χ0n) is 9.57. The molecule has 1 unspecified atom stereocenters. The van der Waals surface area contributed by atoms with Crippen molar-refractivity contribution in [2.45, 2.75) is 26.4 Å². The lowest BCUT2D eigenvalue weighted by Gasteiger charge is -2.27. The molecule has 1 aliphatic rings. The molecule has 1 aliphatic heterocycles. The van der Waals surface area contributed by atoms with E-state index in [4.69, 9.17) is 9.31 Å². The van der Waals surface area contributed by atoms with Gasteiger partial charge in [-0.15, -0.1) is 0 Å². The van der Waals surface area contributed by atoms with Crippen LogP contribution in [0.1, 0.15) is 20.8 Å². The van der Waals surface area contributed by atoms with Gasteiger partial charge in [-0.05, 0) is 18.3 Å². The third kappa shape index (κ3) is 2.08. The molecule has 1 atom stereocenters. The highest BCUT2D eigenvalue weighted by Gasteiger charge is 2.43. The van der Waals surface area contributed by atoms with E-state index >= 15 is 0 Å². The average Bonchev–Trinajstić information content (AvgIpc) is 2.64. The van der Waals surface area contributed by atoms with Crippen molar-refractivity contribution in [3.63, 3.8) is 0 Å². The first-order valence-corrected chi connectivity index (χ1v) is 5.46. The maximum absolute atomic E-state index is 5.97. The summed E-state index contributed by atoms with van der Waals surface area (Å²) in [5.41, 5.74) is 0.947. The summed E-state index contributed by atoms with van der Waals surface area (Å²) in [6.45, 7) is 7.11. The van der Waals surface area contributed by atoms with E-state index in [1.807, 2.05) is 30.3 Å². The van der Waals surface area contributed by atoms with E-state index in [1.54, 1.807) is 0 Å². The molecule has 1 saturated heterocycles. The van der Waals surface area contributed by atoms with Crippen molar-refractivity contribution >= 4 is 12.6 Å². The molecule has 0 spiro atoms. The highest BCUT2D eigenvalue weighted by atomic mass is 16.7.